The molecule has 2 rings (SSSR count). The predicted octanol–water partition coefficient (Wildman–Crippen LogP) is 3.90. The molecule has 22 heavy (non-hydrogen) atoms. The zero-order valence-corrected chi connectivity index (χ0v) is 13.4. The quantitative estimate of drug-likeness (QED) is 0.611. The van der Waals surface area contributed by atoms with E-state index in [-0.39, 0.29) is 12.1 Å². The van der Waals surface area contributed by atoms with Crippen LogP contribution in [0.25, 0.3) is 0 Å². The van der Waals surface area contributed by atoms with Crippen molar-refractivity contribution in [1.29, 1.82) is 0 Å². The van der Waals surface area contributed by atoms with Crippen LogP contribution in [0.4, 0.5) is 4.79 Å². The van der Waals surface area contributed by atoms with Crippen molar-refractivity contribution in [3.8, 4) is 0 Å². The topological polar surface area (TPSA) is 41.9 Å². The average molecular weight is 302 g/mol. The molecule has 1 aromatic rings. The molecular formula is C18H26N2O2. The largest absolute Gasteiger partial charge is 0.449 e. The second-order valence-electron chi connectivity index (χ2n) is 5.75. The van der Waals surface area contributed by atoms with Gasteiger partial charge in [-0.3, -0.25) is 4.99 Å². The number of nitrogens with zero attached hydrogens (tertiary/aromatic N) is 2. The first kappa shape index (κ1) is 16.5. The summed E-state index contributed by atoms with van der Waals surface area (Å²) in [6.07, 6.45) is 6.86. The van der Waals surface area contributed by atoms with Gasteiger partial charge in [-0.15, -0.1) is 0 Å². The van der Waals surface area contributed by atoms with Crippen LogP contribution in [0.2, 0.25) is 0 Å². The van der Waals surface area contributed by atoms with E-state index >= 15 is 0 Å². The Kier molecular flexibility index (Phi) is 6.94. The van der Waals surface area contributed by atoms with Crippen LogP contribution in [0, 0.1) is 0 Å². The Bertz CT molecular complexity index is 473. The summed E-state index contributed by atoms with van der Waals surface area (Å²) in [7, 11) is 0. The summed E-state index contributed by atoms with van der Waals surface area (Å²) in [5, 5.41) is 0. The van der Waals surface area contributed by atoms with E-state index in [1.165, 1.54) is 0 Å². The van der Waals surface area contributed by atoms with Gasteiger partial charge in [0.05, 0.1) is 12.6 Å². The van der Waals surface area contributed by atoms with E-state index in [9.17, 15) is 4.79 Å². The third kappa shape index (κ3) is 5.51. The van der Waals surface area contributed by atoms with Crippen LogP contribution in [0.15, 0.2) is 35.3 Å². The molecule has 4 nitrogen and oxygen atoms in total. The second-order valence-corrected chi connectivity index (χ2v) is 5.75. The van der Waals surface area contributed by atoms with Crippen molar-refractivity contribution in [2.45, 2.75) is 45.1 Å². The van der Waals surface area contributed by atoms with Gasteiger partial charge in [0.25, 0.3) is 0 Å². The molecule has 0 N–H and O–H groups in total. The number of aliphatic imine (C=N–C) groups is 1. The molecule has 1 aliphatic rings. The molecule has 1 heterocycles. The number of rotatable bonds is 5. The summed E-state index contributed by atoms with van der Waals surface area (Å²) in [5.41, 5.74) is 1.10. The predicted molar refractivity (Wildman–Crippen MR) is 89.5 cm³/mol. The molecule has 0 aromatic heterocycles. The van der Waals surface area contributed by atoms with Crippen LogP contribution in [0.5, 0.6) is 0 Å². The number of amides is 1. The summed E-state index contributed by atoms with van der Waals surface area (Å²) >= 11 is 0. The van der Waals surface area contributed by atoms with Crippen LogP contribution in [-0.4, -0.2) is 42.9 Å². The monoisotopic (exact) mass is 302 g/mol. The maximum atomic E-state index is 12.1. The Balaban J connectivity index is 1.89. The molecule has 0 aliphatic carbocycles. The zero-order chi connectivity index (χ0) is 15.6. The number of unbranched alkanes of at least 4 members (excludes halogenated alkanes) is 1. The van der Waals surface area contributed by atoms with Crippen molar-refractivity contribution < 1.29 is 9.53 Å². The lowest BCUT2D eigenvalue weighted by Crippen LogP contribution is -2.36. The molecule has 1 aliphatic heterocycles. The van der Waals surface area contributed by atoms with Gasteiger partial charge < -0.3 is 9.64 Å². The van der Waals surface area contributed by atoms with Crippen LogP contribution in [-0.2, 0) is 4.74 Å². The molecular weight excluding hydrogens is 276 g/mol. The van der Waals surface area contributed by atoms with E-state index in [4.69, 9.17) is 4.74 Å². The van der Waals surface area contributed by atoms with Crippen molar-refractivity contribution in [3.63, 3.8) is 0 Å². The summed E-state index contributed by atoms with van der Waals surface area (Å²) in [4.78, 5) is 18.6. The highest BCUT2D eigenvalue weighted by atomic mass is 16.6. The normalized spacial score (nSPS) is 19.1. The Hall–Kier alpha value is -1.84. The van der Waals surface area contributed by atoms with Crippen LogP contribution in [0.3, 0.4) is 0 Å². The summed E-state index contributed by atoms with van der Waals surface area (Å²) < 4.78 is 5.32. The lowest BCUT2D eigenvalue weighted by atomic mass is 10.1. The highest BCUT2D eigenvalue weighted by molar-refractivity contribution is 5.79. The first-order valence-corrected chi connectivity index (χ1v) is 8.29. The number of likely N-dealkylation sites (tertiary alicyclic amines) is 1. The molecule has 1 fully saturated rings. The fraction of sp³-hybridized carbons (Fsp3) is 0.556. The molecule has 0 radical (unpaired) electrons. The first-order valence-electron chi connectivity index (χ1n) is 8.29. The Morgan fingerprint density at radius 3 is 2.95 bits per heavy atom. The van der Waals surface area contributed by atoms with Crippen molar-refractivity contribution in [1.82, 2.24) is 4.90 Å². The van der Waals surface area contributed by atoms with Gasteiger partial charge >= 0.3 is 6.09 Å². The van der Waals surface area contributed by atoms with Gasteiger partial charge in [-0.25, -0.2) is 4.79 Å². The highest BCUT2D eigenvalue weighted by Crippen LogP contribution is 2.14. The standard InChI is InChI=1S/C18H26N2O2/c1-2-3-13-22-18(21)20-12-8-7-11-17(15-20)19-14-16-9-5-4-6-10-16/h4-6,9-10,14,17H,2-3,7-8,11-13,15H2,1H3. The van der Waals surface area contributed by atoms with Gasteiger partial charge in [0.2, 0.25) is 0 Å². The third-order valence-electron chi connectivity index (χ3n) is 3.86. The minimum atomic E-state index is -0.185. The van der Waals surface area contributed by atoms with E-state index in [2.05, 4.69) is 11.9 Å². The maximum absolute atomic E-state index is 12.1. The zero-order valence-electron chi connectivity index (χ0n) is 13.4. The van der Waals surface area contributed by atoms with E-state index in [1.807, 2.05) is 41.4 Å². The molecule has 0 saturated carbocycles. The van der Waals surface area contributed by atoms with E-state index < -0.39 is 0 Å². The molecule has 0 bridgehead atoms. The van der Waals surface area contributed by atoms with E-state index in [1.54, 1.807) is 0 Å². The van der Waals surface area contributed by atoms with Crippen molar-refractivity contribution >= 4 is 12.3 Å². The van der Waals surface area contributed by atoms with Crippen molar-refractivity contribution in [2.24, 2.45) is 4.99 Å². The Labute approximate surface area is 133 Å². The number of carbonyl (C=O) groups is 1. The number of carbonyl (C=O) groups excluding carboxylic acids is 1. The Morgan fingerprint density at radius 1 is 1.36 bits per heavy atom. The van der Waals surface area contributed by atoms with Gasteiger partial charge in [0, 0.05) is 19.3 Å². The van der Waals surface area contributed by atoms with E-state index in [0.29, 0.717) is 13.2 Å². The van der Waals surface area contributed by atoms with Crippen LogP contribution >= 0.6 is 0 Å². The average Bonchev–Trinajstić information content (AvgIpc) is 2.80. The van der Waals surface area contributed by atoms with Gasteiger partial charge in [-0.05, 0) is 31.2 Å². The number of hydrogen-bond acceptors (Lipinski definition) is 3. The number of benzene rings is 1. The maximum Gasteiger partial charge on any atom is 0.409 e. The molecule has 4 heteroatoms. The molecule has 0 spiro atoms. The van der Waals surface area contributed by atoms with Gasteiger partial charge in [-0.2, -0.15) is 0 Å². The molecule has 1 unspecified atom stereocenters. The number of hydrogen-bond donors (Lipinski definition) is 0. The SMILES string of the molecule is CCCCOC(=O)N1CCCCC(N=Cc2ccccc2)C1. The van der Waals surface area contributed by atoms with Crippen LogP contribution < -0.4 is 0 Å². The Morgan fingerprint density at radius 2 is 2.18 bits per heavy atom. The van der Waals surface area contributed by atoms with E-state index in [0.717, 1.165) is 44.2 Å². The molecule has 1 atom stereocenters. The van der Waals surface area contributed by atoms with Gasteiger partial charge in [0.1, 0.15) is 0 Å². The minimum Gasteiger partial charge on any atom is -0.449 e. The fourth-order valence-corrected chi connectivity index (χ4v) is 2.53. The fourth-order valence-electron chi connectivity index (χ4n) is 2.53. The third-order valence-corrected chi connectivity index (χ3v) is 3.86. The summed E-state index contributed by atoms with van der Waals surface area (Å²) in [6.45, 7) is 4.05. The summed E-state index contributed by atoms with van der Waals surface area (Å²) in [5.74, 6) is 0. The first-order chi connectivity index (χ1) is 10.8. The lowest BCUT2D eigenvalue weighted by Gasteiger charge is -2.22. The van der Waals surface area contributed by atoms with Crippen molar-refractivity contribution in [2.75, 3.05) is 19.7 Å². The number of ether oxygens (including phenoxy) is 1. The highest BCUT2D eigenvalue weighted by Gasteiger charge is 2.22. The molecule has 1 saturated heterocycles. The molecule has 1 aromatic carbocycles. The van der Waals surface area contributed by atoms with Gasteiger partial charge in [0.15, 0.2) is 0 Å². The smallest absolute Gasteiger partial charge is 0.409 e. The minimum absolute atomic E-state index is 0.168. The van der Waals surface area contributed by atoms with Gasteiger partial charge in [-0.1, -0.05) is 43.7 Å². The van der Waals surface area contributed by atoms with Crippen LogP contribution in [0.1, 0.15) is 44.6 Å². The molecule has 120 valence electrons. The van der Waals surface area contributed by atoms with Crippen molar-refractivity contribution in [3.05, 3.63) is 35.9 Å². The summed E-state index contributed by atoms with van der Waals surface area (Å²) in [6, 6.07) is 10.3. The second kappa shape index (κ2) is 9.23. The lowest BCUT2D eigenvalue weighted by molar-refractivity contribution is 0.101. The molecule has 1 amide bonds.